The Bertz CT molecular complexity index is 304. The number of rotatable bonds is 2. The van der Waals surface area contributed by atoms with Gasteiger partial charge in [0.25, 0.3) is 0 Å². The molecule has 0 aromatic heterocycles. The summed E-state index contributed by atoms with van der Waals surface area (Å²) in [5.74, 6) is 0. The molecule has 1 atom stereocenters. The molecule has 1 aromatic rings. The minimum atomic E-state index is -0.879. The molecular weight excluding hydrogens is 343 g/mol. The Morgan fingerprint density at radius 1 is 1.23 bits per heavy atom. The van der Waals surface area contributed by atoms with Crippen LogP contribution in [0.25, 0.3) is 0 Å². The number of hydrogen-bond donors (Lipinski definition) is 1. The van der Waals surface area contributed by atoms with Crippen LogP contribution in [0.4, 0.5) is 0 Å². The molecule has 0 bridgehead atoms. The first-order valence-electron chi connectivity index (χ1n) is 3.43. The largest absolute Gasteiger partial charge is 0.386 e. The van der Waals surface area contributed by atoms with Crippen molar-refractivity contribution in [3.8, 4) is 0 Å². The van der Waals surface area contributed by atoms with Gasteiger partial charge in [-0.2, -0.15) is 0 Å². The fourth-order valence-electron chi connectivity index (χ4n) is 0.877. The zero-order valence-corrected chi connectivity index (χ0v) is 11.0. The van der Waals surface area contributed by atoms with Gasteiger partial charge in [0.1, 0.15) is 10.9 Å². The van der Waals surface area contributed by atoms with E-state index >= 15 is 0 Å². The van der Waals surface area contributed by atoms with Crippen molar-refractivity contribution in [3.63, 3.8) is 0 Å². The highest BCUT2D eigenvalue weighted by atomic mass is 79.9. The van der Waals surface area contributed by atoms with E-state index in [1.165, 1.54) is 0 Å². The summed E-state index contributed by atoms with van der Waals surface area (Å²) in [4.78, 5) is -0.828. The maximum Gasteiger partial charge on any atom is 0.137 e. The lowest BCUT2D eigenvalue weighted by Crippen LogP contribution is -2.06. The van der Waals surface area contributed by atoms with E-state index in [-0.39, 0.29) is 0 Å². The number of alkyl halides is 2. The van der Waals surface area contributed by atoms with Crippen LogP contribution in [0.15, 0.2) is 27.1 Å². The molecule has 0 aliphatic heterocycles. The minimum Gasteiger partial charge on any atom is -0.386 e. The highest BCUT2D eigenvalue weighted by molar-refractivity contribution is 9.11. The second-order valence-corrected chi connectivity index (χ2v) is 5.38. The van der Waals surface area contributed by atoms with E-state index in [2.05, 4.69) is 31.9 Å². The molecule has 5 heteroatoms. The van der Waals surface area contributed by atoms with Gasteiger partial charge in [-0.15, -0.1) is 23.2 Å². The molecule has 13 heavy (non-hydrogen) atoms. The first kappa shape index (κ1) is 11.8. The molecule has 0 saturated heterocycles. The summed E-state index contributed by atoms with van der Waals surface area (Å²) >= 11 is 17.7. The van der Waals surface area contributed by atoms with Crippen LogP contribution in [-0.4, -0.2) is 9.94 Å². The summed E-state index contributed by atoms with van der Waals surface area (Å²) in [6.45, 7) is 0. The fourth-order valence-corrected chi connectivity index (χ4v) is 2.01. The van der Waals surface area contributed by atoms with Crippen molar-refractivity contribution in [2.45, 2.75) is 10.9 Å². The summed E-state index contributed by atoms with van der Waals surface area (Å²) in [5, 5.41) is 9.59. The van der Waals surface area contributed by atoms with E-state index in [9.17, 15) is 5.11 Å². The summed E-state index contributed by atoms with van der Waals surface area (Å²) in [6.07, 6.45) is -0.879. The normalized spacial score (nSPS) is 13.4. The third-order valence-corrected chi connectivity index (χ3v) is 3.21. The van der Waals surface area contributed by atoms with Crippen molar-refractivity contribution >= 4 is 55.1 Å². The quantitative estimate of drug-likeness (QED) is 0.799. The van der Waals surface area contributed by atoms with E-state index in [1.807, 2.05) is 12.1 Å². The average molecular weight is 349 g/mol. The molecule has 1 aromatic carbocycles. The molecule has 0 aliphatic rings. The van der Waals surface area contributed by atoms with Crippen LogP contribution in [0.3, 0.4) is 0 Å². The van der Waals surface area contributed by atoms with E-state index in [1.54, 1.807) is 6.07 Å². The lowest BCUT2D eigenvalue weighted by Gasteiger charge is -2.13. The van der Waals surface area contributed by atoms with Crippen LogP contribution < -0.4 is 0 Å². The maximum atomic E-state index is 9.59. The number of benzene rings is 1. The van der Waals surface area contributed by atoms with Crippen LogP contribution in [0.5, 0.6) is 0 Å². The van der Waals surface area contributed by atoms with Crippen molar-refractivity contribution in [3.05, 3.63) is 32.7 Å². The van der Waals surface area contributed by atoms with Crippen molar-refractivity contribution in [2.24, 2.45) is 0 Å². The first-order chi connectivity index (χ1) is 6.02. The van der Waals surface area contributed by atoms with Gasteiger partial charge in [-0.3, -0.25) is 0 Å². The van der Waals surface area contributed by atoms with Gasteiger partial charge >= 0.3 is 0 Å². The molecule has 0 amide bonds. The van der Waals surface area contributed by atoms with E-state index in [0.29, 0.717) is 5.56 Å². The molecule has 0 saturated carbocycles. The highest BCUT2D eigenvalue weighted by Gasteiger charge is 2.18. The van der Waals surface area contributed by atoms with Crippen LogP contribution in [0.1, 0.15) is 11.7 Å². The van der Waals surface area contributed by atoms with Crippen molar-refractivity contribution in [2.75, 3.05) is 0 Å². The third kappa shape index (κ3) is 3.10. The standard InChI is InChI=1S/C8H6Br2Cl2O/c9-4-1-2-6(10)5(3-4)7(13)8(11)12/h1-3,7-8,13H. The summed E-state index contributed by atoms with van der Waals surface area (Å²) in [5.41, 5.74) is 0.671. The Balaban J connectivity index is 3.05. The summed E-state index contributed by atoms with van der Waals surface area (Å²) in [7, 11) is 0. The van der Waals surface area contributed by atoms with Crippen LogP contribution in [0.2, 0.25) is 0 Å². The van der Waals surface area contributed by atoms with E-state index in [0.717, 1.165) is 8.95 Å². The van der Waals surface area contributed by atoms with Gasteiger partial charge in [-0.1, -0.05) is 31.9 Å². The number of hydrogen-bond acceptors (Lipinski definition) is 1. The molecular formula is C8H6Br2Cl2O. The molecule has 0 fully saturated rings. The van der Waals surface area contributed by atoms with E-state index in [4.69, 9.17) is 23.2 Å². The predicted molar refractivity (Wildman–Crippen MR) is 62.3 cm³/mol. The number of halogens is 4. The molecule has 1 nitrogen and oxygen atoms in total. The lowest BCUT2D eigenvalue weighted by molar-refractivity contribution is 0.192. The Morgan fingerprint density at radius 2 is 1.85 bits per heavy atom. The van der Waals surface area contributed by atoms with Gasteiger partial charge in [0, 0.05) is 8.95 Å². The van der Waals surface area contributed by atoms with Gasteiger partial charge in [-0.05, 0) is 23.8 Å². The van der Waals surface area contributed by atoms with Gasteiger partial charge in [0.05, 0.1) is 0 Å². The van der Waals surface area contributed by atoms with Gasteiger partial charge in [0.2, 0.25) is 0 Å². The van der Waals surface area contributed by atoms with E-state index < -0.39 is 10.9 Å². The molecule has 0 heterocycles. The lowest BCUT2D eigenvalue weighted by atomic mass is 10.1. The zero-order valence-electron chi connectivity index (χ0n) is 6.35. The second-order valence-electron chi connectivity index (χ2n) is 2.45. The van der Waals surface area contributed by atoms with Crippen molar-refractivity contribution < 1.29 is 5.11 Å². The topological polar surface area (TPSA) is 20.2 Å². The molecule has 1 N–H and O–H groups in total. The summed E-state index contributed by atoms with van der Waals surface area (Å²) < 4.78 is 1.66. The monoisotopic (exact) mass is 346 g/mol. The fraction of sp³-hybridized carbons (Fsp3) is 0.250. The smallest absolute Gasteiger partial charge is 0.137 e. The number of aliphatic hydroxyl groups excluding tert-OH is 1. The summed E-state index contributed by atoms with van der Waals surface area (Å²) in [6, 6.07) is 5.45. The first-order valence-corrected chi connectivity index (χ1v) is 5.89. The molecule has 72 valence electrons. The molecule has 0 radical (unpaired) electrons. The molecule has 0 aliphatic carbocycles. The Labute approximate surface area is 103 Å². The van der Waals surface area contributed by atoms with Crippen molar-refractivity contribution in [1.29, 1.82) is 0 Å². The van der Waals surface area contributed by atoms with Crippen LogP contribution in [-0.2, 0) is 0 Å². The molecule has 1 unspecified atom stereocenters. The highest BCUT2D eigenvalue weighted by Crippen LogP contribution is 2.31. The van der Waals surface area contributed by atoms with Gasteiger partial charge in [-0.25, -0.2) is 0 Å². The predicted octanol–water partition coefficient (Wildman–Crippen LogP) is 4.05. The average Bonchev–Trinajstić information content (AvgIpc) is 2.08. The second kappa shape index (κ2) is 4.99. The van der Waals surface area contributed by atoms with Crippen LogP contribution in [0, 0.1) is 0 Å². The SMILES string of the molecule is OC(c1cc(Br)ccc1Br)C(Cl)Cl. The van der Waals surface area contributed by atoms with Gasteiger partial charge in [0.15, 0.2) is 0 Å². The van der Waals surface area contributed by atoms with Gasteiger partial charge < -0.3 is 5.11 Å². The maximum absolute atomic E-state index is 9.59. The third-order valence-electron chi connectivity index (χ3n) is 1.52. The Morgan fingerprint density at radius 3 is 2.38 bits per heavy atom. The minimum absolute atomic E-state index is 0.671. The van der Waals surface area contributed by atoms with Crippen LogP contribution >= 0.6 is 55.1 Å². The number of aliphatic hydroxyl groups is 1. The molecule has 1 rings (SSSR count). The molecule has 0 spiro atoms. The van der Waals surface area contributed by atoms with Crippen molar-refractivity contribution in [1.82, 2.24) is 0 Å². The Kier molecular flexibility index (Phi) is 4.52. The Hall–Kier alpha value is 0.720. The zero-order chi connectivity index (χ0) is 10.0.